The minimum Gasteiger partial charge on any atom is -0.496 e. The highest BCUT2D eigenvalue weighted by molar-refractivity contribution is 5.69. The molecule has 0 amide bonds. The van der Waals surface area contributed by atoms with E-state index in [4.69, 9.17) is 14.5 Å². The van der Waals surface area contributed by atoms with Crippen molar-refractivity contribution in [2.45, 2.75) is 18.8 Å². The highest BCUT2D eigenvalue weighted by atomic mass is 16.5. The third kappa shape index (κ3) is 4.74. The Balaban J connectivity index is 1.46. The molecule has 1 unspecified atom stereocenters. The fourth-order valence-electron chi connectivity index (χ4n) is 3.99. The van der Waals surface area contributed by atoms with E-state index in [0.29, 0.717) is 12.5 Å². The largest absolute Gasteiger partial charge is 0.496 e. The summed E-state index contributed by atoms with van der Waals surface area (Å²) >= 11 is 0. The minimum absolute atomic E-state index is 0.356. The first-order chi connectivity index (χ1) is 14.3. The van der Waals surface area contributed by atoms with Gasteiger partial charge in [-0.05, 0) is 43.7 Å². The van der Waals surface area contributed by atoms with E-state index in [1.807, 2.05) is 48.5 Å². The molecule has 0 spiro atoms. The lowest BCUT2D eigenvalue weighted by Crippen LogP contribution is -2.37. The summed E-state index contributed by atoms with van der Waals surface area (Å²) in [6, 6.07) is 18.0. The van der Waals surface area contributed by atoms with Crippen LogP contribution >= 0.6 is 0 Å². The van der Waals surface area contributed by atoms with Crippen LogP contribution in [0.15, 0.2) is 67.0 Å². The van der Waals surface area contributed by atoms with E-state index in [9.17, 15) is 0 Å². The van der Waals surface area contributed by atoms with E-state index in [1.165, 1.54) is 0 Å². The summed E-state index contributed by atoms with van der Waals surface area (Å²) in [4.78, 5) is 11.9. The molecule has 29 heavy (non-hydrogen) atoms. The third-order valence-corrected chi connectivity index (χ3v) is 5.40. The van der Waals surface area contributed by atoms with E-state index in [1.54, 1.807) is 19.5 Å². The van der Waals surface area contributed by atoms with E-state index in [0.717, 1.165) is 60.9 Å². The van der Waals surface area contributed by atoms with Crippen LogP contribution in [0, 0.1) is 0 Å². The van der Waals surface area contributed by atoms with Crippen LogP contribution < -0.4 is 9.47 Å². The molecular formula is C24H27N3O2. The number of hydrogen-bond donors (Lipinski definition) is 0. The molecule has 1 saturated heterocycles. The van der Waals surface area contributed by atoms with Crippen LogP contribution in [-0.2, 0) is 0 Å². The number of rotatable bonds is 7. The van der Waals surface area contributed by atoms with Crippen LogP contribution in [0.2, 0.25) is 0 Å². The molecule has 1 aromatic heterocycles. The molecule has 0 saturated carbocycles. The van der Waals surface area contributed by atoms with Gasteiger partial charge in [-0.1, -0.05) is 30.3 Å². The minimum atomic E-state index is 0.356. The summed E-state index contributed by atoms with van der Waals surface area (Å²) in [5.41, 5.74) is 2.99. The molecule has 5 nitrogen and oxygen atoms in total. The highest BCUT2D eigenvalue weighted by Crippen LogP contribution is 2.35. The third-order valence-electron chi connectivity index (χ3n) is 5.40. The van der Waals surface area contributed by atoms with Crippen LogP contribution in [0.3, 0.4) is 0 Å². The van der Waals surface area contributed by atoms with Gasteiger partial charge in [-0.15, -0.1) is 0 Å². The molecule has 0 bridgehead atoms. The lowest BCUT2D eigenvalue weighted by atomic mass is 9.91. The number of nitrogens with zero attached hydrogens (tertiary/aromatic N) is 3. The first-order valence-corrected chi connectivity index (χ1v) is 10.2. The molecule has 1 fully saturated rings. The van der Waals surface area contributed by atoms with Gasteiger partial charge in [-0.3, -0.25) is 14.9 Å². The lowest BCUT2D eigenvalue weighted by Gasteiger charge is -2.33. The Kier molecular flexibility index (Phi) is 6.37. The second-order valence-corrected chi connectivity index (χ2v) is 7.29. The molecule has 1 atom stereocenters. The van der Waals surface area contributed by atoms with Crippen molar-refractivity contribution in [3.63, 3.8) is 0 Å². The van der Waals surface area contributed by atoms with Crippen molar-refractivity contribution in [3.8, 4) is 22.8 Å². The Labute approximate surface area is 172 Å². The average Bonchev–Trinajstić information content (AvgIpc) is 2.80. The van der Waals surface area contributed by atoms with Gasteiger partial charge in [0, 0.05) is 37.0 Å². The predicted octanol–water partition coefficient (Wildman–Crippen LogP) is 4.41. The van der Waals surface area contributed by atoms with Crippen molar-refractivity contribution in [2.75, 3.05) is 33.4 Å². The van der Waals surface area contributed by atoms with Gasteiger partial charge in [0.2, 0.25) is 0 Å². The van der Waals surface area contributed by atoms with Crippen molar-refractivity contribution in [1.29, 1.82) is 0 Å². The van der Waals surface area contributed by atoms with Gasteiger partial charge < -0.3 is 9.47 Å². The number of benzene rings is 2. The molecule has 2 heterocycles. The van der Waals surface area contributed by atoms with Crippen LogP contribution in [-0.4, -0.2) is 48.2 Å². The number of aromatic nitrogens is 2. The van der Waals surface area contributed by atoms with Gasteiger partial charge in [0.25, 0.3) is 0 Å². The summed E-state index contributed by atoms with van der Waals surface area (Å²) in [5, 5.41) is 0. The van der Waals surface area contributed by atoms with Crippen molar-refractivity contribution in [2.24, 2.45) is 0 Å². The Morgan fingerprint density at radius 2 is 1.79 bits per heavy atom. The van der Waals surface area contributed by atoms with Crippen LogP contribution in [0.25, 0.3) is 11.3 Å². The van der Waals surface area contributed by atoms with Gasteiger partial charge >= 0.3 is 0 Å². The fourth-order valence-corrected chi connectivity index (χ4v) is 3.99. The molecule has 1 aliphatic heterocycles. The standard InChI is InChI=1S/C24H27N3O2/c1-28-22-12-6-5-11-21(22)24-23(25-13-14-26-24)19-8-7-15-27(18-19)16-17-29-20-9-3-2-4-10-20/h2-6,9-14,19H,7-8,15-18H2,1H3. The number of ether oxygens (including phenoxy) is 2. The summed E-state index contributed by atoms with van der Waals surface area (Å²) in [7, 11) is 1.70. The monoisotopic (exact) mass is 389 g/mol. The molecule has 0 aliphatic carbocycles. The maximum atomic E-state index is 5.89. The fraction of sp³-hybridized carbons (Fsp3) is 0.333. The molecule has 0 radical (unpaired) electrons. The van der Waals surface area contributed by atoms with Gasteiger partial charge in [0.05, 0.1) is 18.5 Å². The maximum Gasteiger partial charge on any atom is 0.128 e. The normalized spacial score (nSPS) is 17.1. The highest BCUT2D eigenvalue weighted by Gasteiger charge is 2.26. The molecule has 0 N–H and O–H groups in total. The predicted molar refractivity (Wildman–Crippen MR) is 114 cm³/mol. The average molecular weight is 389 g/mol. The second-order valence-electron chi connectivity index (χ2n) is 7.29. The number of likely N-dealkylation sites (tertiary alicyclic amines) is 1. The first kappa shape index (κ1) is 19.4. The van der Waals surface area contributed by atoms with E-state index >= 15 is 0 Å². The zero-order valence-electron chi connectivity index (χ0n) is 16.8. The Morgan fingerprint density at radius 3 is 2.66 bits per heavy atom. The molecule has 4 rings (SSSR count). The SMILES string of the molecule is COc1ccccc1-c1nccnc1C1CCCN(CCOc2ccccc2)C1. The van der Waals surface area contributed by atoms with Gasteiger partial charge in [0.15, 0.2) is 0 Å². The lowest BCUT2D eigenvalue weighted by molar-refractivity contribution is 0.169. The zero-order chi connectivity index (χ0) is 19.9. The van der Waals surface area contributed by atoms with Crippen LogP contribution in [0.1, 0.15) is 24.5 Å². The Morgan fingerprint density at radius 1 is 1.00 bits per heavy atom. The van der Waals surface area contributed by atoms with Gasteiger partial charge in [-0.25, -0.2) is 0 Å². The molecule has 2 aromatic carbocycles. The van der Waals surface area contributed by atoms with Crippen molar-refractivity contribution >= 4 is 0 Å². The molecular weight excluding hydrogens is 362 g/mol. The first-order valence-electron chi connectivity index (χ1n) is 10.2. The Bertz CT molecular complexity index is 917. The van der Waals surface area contributed by atoms with E-state index in [2.05, 4.69) is 16.0 Å². The van der Waals surface area contributed by atoms with Crippen molar-refractivity contribution < 1.29 is 9.47 Å². The maximum absolute atomic E-state index is 5.89. The number of methoxy groups -OCH3 is 1. The molecule has 1 aliphatic rings. The second kappa shape index (κ2) is 9.52. The number of piperidine rings is 1. The Hall–Kier alpha value is -2.92. The molecule has 3 aromatic rings. The van der Waals surface area contributed by atoms with Crippen molar-refractivity contribution in [1.82, 2.24) is 14.9 Å². The van der Waals surface area contributed by atoms with E-state index < -0.39 is 0 Å². The zero-order valence-corrected chi connectivity index (χ0v) is 16.8. The van der Waals surface area contributed by atoms with Gasteiger partial charge in [-0.2, -0.15) is 0 Å². The summed E-state index contributed by atoms with van der Waals surface area (Å²) in [6.07, 6.45) is 5.83. The van der Waals surface area contributed by atoms with Crippen LogP contribution in [0.4, 0.5) is 0 Å². The molecule has 5 heteroatoms. The van der Waals surface area contributed by atoms with Crippen LogP contribution in [0.5, 0.6) is 11.5 Å². The topological polar surface area (TPSA) is 47.5 Å². The number of para-hydroxylation sites is 2. The van der Waals surface area contributed by atoms with Crippen molar-refractivity contribution in [3.05, 3.63) is 72.7 Å². The summed E-state index contributed by atoms with van der Waals surface area (Å²) in [6.45, 7) is 3.67. The van der Waals surface area contributed by atoms with Gasteiger partial charge in [0.1, 0.15) is 18.1 Å². The van der Waals surface area contributed by atoms with E-state index in [-0.39, 0.29) is 0 Å². The quantitative estimate of drug-likeness (QED) is 0.599. The summed E-state index contributed by atoms with van der Waals surface area (Å²) < 4.78 is 11.5. The summed E-state index contributed by atoms with van der Waals surface area (Å²) in [5.74, 6) is 2.11. The number of hydrogen-bond acceptors (Lipinski definition) is 5. The smallest absolute Gasteiger partial charge is 0.128 e. The molecule has 150 valence electrons.